The average Bonchev–Trinajstić information content (AvgIpc) is 2.69. The van der Waals surface area contributed by atoms with Crippen molar-refractivity contribution in [2.75, 3.05) is 7.11 Å². The number of methoxy groups -OCH3 is 1. The van der Waals surface area contributed by atoms with Crippen LogP contribution < -0.4 is 10.1 Å². The standard InChI is InChI=1S/C15H19NOS/c1-11-8-14(12(2)18-11)10-16-9-13-4-6-15(17-3)7-5-13/h4-8,16H,9-10H2,1-3H3. The lowest BCUT2D eigenvalue weighted by atomic mass is 10.2. The molecule has 0 spiro atoms. The van der Waals surface area contributed by atoms with E-state index in [1.54, 1.807) is 7.11 Å². The highest BCUT2D eigenvalue weighted by Gasteiger charge is 2.02. The number of nitrogens with one attached hydrogen (secondary N) is 1. The summed E-state index contributed by atoms with van der Waals surface area (Å²) in [6.07, 6.45) is 0. The van der Waals surface area contributed by atoms with Crippen molar-refractivity contribution >= 4 is 11.3 Å². The van der Waals surface area contributed by atoms with Gasteiger partial charge in [0.1, 0.15) is 5.75 Å². The minimum Gasteiger partial charge on any atom is -0.497 e. The molecule has 0 radical (unpaired) electrons. The summed E-state index contributed by atoms with van der Waals surface area (Å²) in [6.45, 7) is 6.16. The number of thiophene rings is 1. The van der Waals surface area contributed by atoms with Crippen LogP contribution in [0.25, 0.3) is 0 Å². The number of rotatable bonds is 5. The van der Waals surface area contributed by atoms with Crippen molar-refractivity contribution in [1.29, 1.82) is 0 Å². The molecule has 1 heterocycles. The van der Waals surface area contributed by atoms with Crippen molar-refractivity contribution in [3.63, 3.8) is 0 Å². The quantitative estimate of drug-likeness (QED) is 0.887. The summed E-state index contributed by atoms with van der Waals surface area (Å²) < 4.78 is 5.14. The van der Waals surface area contributed by atoms with Gasteiger partial charge in [-0.25, -0.2) is 0 Å². The first-order valence-electron chi connectivity index (χ1n) is 6.08. The molecular formula is C15H19NOS. The molecule has 0 bridgehead atoms. The van der Waals surface area contributed by atoms with E-state index in [2.05, 4.69) is 37.4 Å². The van der Waals surface area contributed by atoms with Crippen LogP contribution in [0.2, 0.25) is 0 Å². The Bertz CT molecular complexity index is 502. The molecule has 0 aliphatic rings. The third-order valence-corrected chi connectivity index (χ3v) is 3.96. The van der Waals surface area contributed by atoms with Gasteiger partial charge in [0.25, 0.3) is 0 Å². The Labute approximate surface area is 113 Å². The summed E-state index contributed by atoms with van der Waals surface area (Å²) in [5.74, 6) is 0.906. The van der Waals surface area contributed by atoms with Crippen LogP contribution in [0, 0.1) is 13.8 Å². The summed E-state index contributed by atoms with van der Waals surface area (Å²) >= 11 is 1.86. The Morgan fingerprint density at radius 1 is 1.11 bits per heavy atom. The lowest BCUT2D eigenvalue weighted by Gasteiger charge is -2.06. The van der Waals surface area contributed by atoms with Crippen molar-refractivity contribution in [1.82, 2.24) is 5.32 Å². The summed E-state index contributed by atoms with van der Waals surface area (Å²) in [4.78, 5) is 2.79. The van der Waals surface area contributed by atoms with E-state index in [0.717, 1.165) is 18.8 Å². The van der Waals surface area contributed by atoms with E-state index in [1.165, 1.54) is 20.9 Å². The number of hydrogen-bond acceptors (Lipinski definition) is 3. The van der Waals surface area contributed by atoms with Crippen molar-refractivity contribution in [3.8, 4) is 5.75 Å². The van der Waals surface area contributed by atoms with Crippen molar-refractivity contribution in [2.45, 2.75) is 26.9 Å². The molecule has 0 unspecified atom stereocenters. The topological polar surface area (TPSA) is 21.3 Å². The minimum absolute atomic E-state index is 0.887. The van der Waals surface area contributed by atoms with Gasteiger partial charge >= 0.3 is 0 Å². The third-order valence-electron chi connectivity index (χ3n) is 2.95. The number of hydrogen-bond donors (Lipinski definition) is 1. The molecule has 2 rings (SSSR count). The molecule has 0 aliphatic heterocycles. The van der Waals surface area contributed by atoms with E-state index in [1.807, 2.05) is 23.5 Å². The second-order valence-corrected chi connectivity index (χ2v) is 5.85. The molecule has 1 aromatic carbocycles. The maximum absolute atomic E-state index is 5.14. The van der Waals surface area contributed by atoms with Gasteiger partial charge in [0.2, 0.25) is 0 Å². The van der Waals surface area contributed by atoms with E-state index in [0.29, 0.717) is 0 Å². The third kappa shape index (κ3) is 3.34. The highest BCUT2D eigenvalue weighted by molar-refractivity contribution is 7.12. The second-order valence-electron chi connectivity index (χ2n) is 4.39. The molecule has 0 aliphatic carbocycles. The molecule has 18 heavy (non-hydrogen) atoms. The summed E-state index contributed by atoms with van der Waals surface area (Å²) in [5.41, 5.74) is 2.69. The fraction of sp³-hybridized carbons (Fsp3) is 0.333. The fourth-order valence-electron chi connectivity index (χ4n) is 1.94. The van der Waals surface area contributed by atoms with Crippen LogP contribution in [0.15, 0.2) is 30.3 Å². The van der Waals surface area contributed by atoms with Crippen LogP contribution in [0.4, 0.5) is 0 Å². The van der Waals surface area contributed by atoms with Gasteiger partial charge < -0.3 is 10.1 Å². The van der Waals surface area contributed by atoms with E-state index >= 15 is 0 Å². The maximum Gasteiger partial charge on any atom is 0.118 e. The highest BCUT2D eigenvalue weighted by Crippen LogP contribution is 2.20. The van der Waals surface area contributed by atoms with Gasteiger partial charge in [-0.15, -0.1) is 11.3 Å². The molecule has 0 saturated heterocycles. The van der Waals surface area contributed by atoms with E-state index in [-0.39, 0.29) is 0 Å². The monoisotopic (exact) mass is 261 g/mol. The molecular weight excluding hydrogens is 242 g/mol. The Hall–Kier alpha value is -1.32. The largest absolute Gasteiger partial charge is 0.497 e. The fourth-order valence-corrected chi connectivity index (χ4v) is 2.89. The second kappa shape index (κ2) is 6.03. The zero-order valence-corrected chi connectivity index (χ0v) is 11.9. The molecule has 0 atom stereocenters. The number of ether oxygens (including phenoxy) is 1. The van der Waals surface area contributed by atoms with Crippen LogP contribution in [0.3, 0.4) is 0 Å². The predicted octanol–water partition coefficient (Wildman–Crippen LogP) is 3.66. The van der Waals surface area contributed by atoms with Gasteiger partial charge in [-0.2, -0.15) is 0 Å². The SMILES string of the molecule is COc1ccc(CNCc2cc(C)sc2C)cc1. The lowest BCUT2D eigenvalue weighted by Crippen LogP contribution is -2.12. The maximum atomic E-state index is 5.14. The first-order chi connectivity index (χ1) is 8.69. The first-order valence-corrected chi connectivity index (χ1v) is 6.90. The van der Waals surface area contributed by atoms with Crippen LogP contribution >= 0.6 is 11.3 Å². The van der Waals surface area contributed by atoms with Crippen LogP contribution in [-0.4, -0.2) is 7.11 Å². The summed E-state index contributed by atoms with van der Waals surface area (Å²) in [6, 6.07) is 10.4. The molecule has 96 valence electrons. The Morgan fingerprint density at radius 2 is 1.83 bits per heavy atom. The molecule has 2 aromatic rings. The Balaban J connectivity index is 1.86. The molecule has 0 saturated carbocycles. The Morgan fingerprint density at radius 3 is 2.39 bits per heavy atom. The van der Waals surface area contributed by atoms with Crippen LogP contribution in [0.5, 0.6) is 5.75 Å². The van der Waals surface area contributed by atoms with Gasteiger partial charge in [0.15, 0.2) is 0 Å². The van der Waals surface area contributed by atoms with Gasteiger partial charge in [-0.3, -0.25) is 0 Å². The van der Waals surface area contributed by atoms with Gasteiger partial charge in [0.05, 0.1) is 7.11 Å². The molecule has 0 fully saturated rings. The normalized spacial score (nSPS) is 10.6. The highest BCUT2D eigenvalue weighted by atomic mass is 32.1. The molecule has 2 nitrogen and oxygen atoms in total. The van der Waals surface area contributed by atoms with Crippen molar-refractivity contribution < 1.29 is 4.74 Å². The molecule has 0 amide bonds. The molecule has 3 heteroatoms. The lowest BCUT2D eigenvalue weighted by molar-refractivity contribution is 0.414. The van der Waals surface area contributed by atoms with E-state index in [4.69, 9.17) is 4.74 Å². The van der Waals surface area contributed by atoms with E-state index < -0.39 is 0 Å². The smallest absolute Gasteiger partial charge is 0.118 e. The Kier molecular flexibility index (Phi) is 4.39. The number of benzene rings is 1. The number of aryl methyl sites for hydroxylation is 2. The van der Waals surface area contributed by atoms with Crippen molar-refractivity contribution in [3.05, 3.63) is 51.2 Å². The van der Waals surface area contributed by atoms with Gasteiger partial charge in [0, 0.05) is 22.8 Å². The zero-order chi connectivity index (χ0) is 13.0. The van der Waals surface area contributed by atoms with Gasteiger partial charge in [-0.05, 0) is 43.2 Å². The summed E-state index contributed by atoms with van der Waals surface area (Å²) in [7, 11) is 1.69. The van der Waals surface area contributed by atoms with E-state index in [9.17, 15) is 0 Å². The molecule has 1 aromatic heterocycles. The molecule has 1 N–H and O–H groups in total. The van der Waals surface area contributed by atoms with Crippen LogP contribution in [0.1, 0.15) is 20.9 Å². The first kappa shape index (κ1) is 13.1. The minimum atomic E-state index is 0.887. The van der Waals surface area contributed by atoms with Crippen molar-refractivity contribution in [2.24, 2.45) is 0 Å². The summed E-state index contributed by atoms with van der Waals surface area (Å²) in [5, 5.41) is 3.48. The average molecular weight is 261 g/mol. The predicted molar refractivity (Wildman–Crippen MR) is 77.3 cm³/mol. The zero-order valence-electron chi connectivity index (χ0n) is 11.1. The van der Waals surface area contributed by atoms with Gasteiger partial charge in [-0.1, -0.05) is 12.1 Å². The van der Waals surface area contributed by atoms with Crippen LogP contribution in [-0.2, 0) is 13.1 Å².